The first-order valence-corrected chi connectivity index (χ1v) is 5.28. The summed E-state index contributed by atoms with van der Waals surface area (Å²) in [5, 5.41) is 3.62. The van der Waals surface area contributed by atoms with Gasteiger partial charge in [-0.1, -0.05) is 6.42 Å². The Balaban J connectivity index is 2.03. The summed E-state index contributed by atoms with van der Waals surface area (Å²) in [7, 11) is 0. The minimum Gasteiger partial charge on any atom is -0.311 e. The second-order valence-electron chi connectivity index (χ2n) is 4.39. The predicted molar refractivity (Wildman–Crippen MR) is 51.3 cm³/mol. The van der Waals surface area contributed by atoms with E-state index in [0.29, 0.717) is 0 Å². The molecule has 0 unspecified atom stereocenters. The van der Waals surface area contributed by atoms with E-state index in [9.17, 15) is 0 Å². The van der Waals surface area contributed by atoms with Crippen LogP contribution in [0.25, 0.3) is 0 Å². The van der Waals surface area contributed by atoms with Crippen molar-refractivity contribution in [2.75, 3.05) is 13.1 Å². The maximum Gasteiger partial charge on any atom is 0.0252 e. The van der Waals surface area contributed by atoms with Gasteiger partial charge in [0, 0.05) is 31.2 Å². The number of nitrogens with zero attached hydrogens (tertiary/aromatic N) is 1. The van der Waals surface area contributed by atoms with E-state index in [2.05, 4.69) is 24.1 Å². The molecule has 0 aromatic carbocycles. The Morgan fingerprint density at radius 2 is 2.17 bits per heavy atom. The van der Waals surface area contributed by atoms with Gasteiger partial charge in [0.1, 0.15) is 0 Å². The molecule has 1 N–H and O–H groups in total. The summed E-state index contributed by atoms with van der Waals surface area (Å²) in [5.74, 6) is 0. The van der Waals surface area contributed by atoms with Crippen LogP contribution in [0.5, 0.6) is 0 Å². The van der Waals surface area contributed by atoms with Gasteiger partial charge in [0.25, 0.3) is 0 Å². The summed E-state index contributed by atoms with van der Waals surface area (Å²) in [6, 6.07) is 2.39. The molecule has 1 aliphatic heterocycles. The van der Waals surface area contributed by atoms with Gasteiger partial charge in [0.2, 0.25) is 0 Å². The molecular formula is C10H20N2. The summed E-state index contributed by atoms with van der Waals surface area (Å²) >= 11 is 0. The van der Waals surface area contributed by atoms with E-state index in [0.717, 1.165) is 18.1 Å². The summed E-state index contributed by atoms with van der Waals surface area (Å²) in [5.41, 5.74) is 0. The van der Waals surface area contributed by atoms with Crippen molar-refractivity contribution in [1.29, 1.82) is 0 Å². The number of rotatable bonds is 1. The molecule has 0 radical (unpaired) electrons. The largest absolute Gasteiger partial charge is 0.311 e. The van der Waals surface area contributed by atoms with E-state index in [-0.39, 0.29) is 0 Å². The first-order valence-electron chi connectivity index (χ1n) is 5.28. The van der Waals surface area contributed by atoms with Crippen molar-refractivity contribution in [3.05, 3.63) is 0 Å². The highest BCUT2D eigenvalue weighted by molar-refractivity contribution is 4.94. The van der Waals surface area contributed by atoms with Gasteiger partial charge in [-0.05, 0) is 26.7 Å². The Morgan fingerprint density at radius 1 is 1.33 bits per heavy atom. The first kappa shape index (κ1) is 8.52. The average Bonchev–Trinajstić information content (AvgIpc) is 2.49. The molecule has 1 aliphatic carbocycles. The molecule has 2 rings (SSSR count). The molecule has 0 spiro atoms. The molecular weight excluding hydrogens is 148 g/mol. The van der Waals surface area contributed by atoms with Crippen LogP contribution in [-0.4, -0.2) is 36.1 Å². The molecule has 0 bridgehead atoms. The van der Waals surface area contributed by atoms with Crippen LogP contribution in [0.4, 0.5) is 0 Å². The highest BCUT2D eigenvalue weighted by Gasteiger charge is 2.35. The van der Waals surface area contributed by atoms with Gasteiger partial charge in [-0.15, -0.1) is 0 Å². The van der Waals surface area contributed by atoms with Crippen LogP contribution in [0.1, 0.15) is 33.1 Å². The number of fused-ring (bicyclic) bond motifs is 1. The predicted octanol–water partition coefficient (Wildman–Crippen LogP) is 1.22. The van der Waals surface area contributed by atoms with Crippen molar-refractivity contribution in [2.45, 2.75) is 51.2 Å². The lowest BCUT2D eigenvalue weighted by molar-refractivity contribution is 0.103. The lowest BCUT2D eigenvalue weighted by atomic mass is 10.1. The smallest absolute Gasteiger partial charge is 0.0252 e. The fourth-order valence-electron chi connectivity index (χ4n) is 2.76. The normalized spacial score (nSPS) is 37.2. The molecule has 2 nitrogen and oxygen atoms in total. The number of nitrogens with one attached hydrogen (secondary N) is 1. The van der Waals surface area contributed by atoms with Gasteiger partial charge >= 0.3 is 0 Å². The third kappa shape index (κ3) is 1.38. The van der Waals surface area contributed by atoms with E-state index >= 15 is 0 Å². The molecule has 2 fully saturated rings. The van der Waals surface area contributed by atoms with Crippen LogP contribution in [0.3, 0.4) is 0 Å². The standard InChI is InChI=1S/C10H20N2/c1-8(2)12-7-6-11-9-4-3-5-10(9)12/h8-11H,3-7H2,1-2H3/t9-,10-/m0/s1. The quantitative estimate of drug-likeness (QED) is 0.633. The molecule has 0 aromatic rings. The Morgan fingerprint density at radius 3 is 2.92 bits per heavy atom. The summed E-state index contributed by atoms with van der Waals surface area (Å²) in [6.45, 7) is 7.08. The molecule has 70 valence electrons. The summed E-state index contributed by atoms with van der Waals surface area (Å²) < 4.78 is 0. The summed E-state index contributed by atoms with van der Waals surface area (Å²) in [6.07, 6.45) is 4.23. The van der Waals surface area contributed by atoms with Crippen molar-refractivity contribution in [3.8, 4) is 0 Å². The average molecular weight is 168 g/mol. The zero-order valence-electron chi connectivity index (χ0n) is 8.21. The molecule has 2 heteroatoms. The van der Waals surface area contributed by atoms with Gasteiger partial charge in [0.05, 0.1) is 0 Å². The molecule has 12 heavy (non-hydrogen) atoms. The molecule has 1 saturated heterocycles. The third-order valence-corrected chi connectivity index (χ3v) is 3.35. The third-order valence-electron chi connectivity index (χ3n) is 3.35. The van der Waals surface area contributed by atoms with Crippen molar-refractivity contribution in [1.82, 2.24) is 10.2 Å². The minimum absolute atomic E-state index is 0.734. The lowest BCUT2D eigenvalue weighted by Crippen LogP contribution is -2.57. The maximum atomic E-state index is 3.62. The van der Waals surface area contributed by atoms with E-state index in [1.165, 1.54) is 32.4 Å². The SMILES string of the molecule is CC(C)N1CCN[C@H]2CCC[C@@H]21. The van der Waals surface area contributed by atoms with Crippen LogP contribution in [0, 0.1) is 0 Å². The van der Waals surface area contributed by atoms with E-state index in [1.54, 1.807) is 0 Å². The Labute approximate surface area is 75.3 Å². The Bertz CT molecular complexity index is 156. The minimum atomic E-state index is 0.734. The van der Waals surface area contributed by atoms with Gasteiger partial charge in [-0.3, -0.25) is 4.90 Å². The van der Waals surface area contributed by atoms with Gasteiger partial charge in [-0.2, -0.15) is 0 Å². The van der Waals surface area contributed by atoms with Crippen LogP contribution >= 0.6 is 0 Å². The van der Waals surface area contributed by atoms with E-state index < -0.39 is 0 Å². The molecule has 2 aliphatic rings. The number of hydrogen-bond acceptors (Lipinski definition) is 2. The van der Waals surface area contributed by atoms with Crippen LogP contribution in [-0.2, 0) is 0 Å². The Kier molecular flexibility index (Phi) is 2.37. The molecule has 0 amide bonds. The van der Waals surface area contributed by atoms with Crippen molar-refractivity contribution >= 4 is 0 Å². The van der Waals surface area contributed by atoms with Gasteiger partial charge in [0.15, 0.2) is 0 Å². The molecule has 1 saturated carbocycles. The van der Waals surface area contributed by atoms with Gasteiger partial charge < -0.3 is 5.32 Å². The van der Waals surface area contributed by atoms with E-state index in [4.69, 9.17) is 0 Å². The molecule has 1 heterocycles. The zero-order chi connectivity index (χ0) is 8.55. The Hall–Kier alpha value is -0.0800. The second-order valence-corrected chi connectivity index (χ2v) is 4.39. The van der Waals surface area contributed by atoms with Crippen LogP contribution in [0.15, 0.2) is 0 Å². The monoisotopic (exact) mass is 168 g/mol. The molecule has 0 aromatic heterocycles. The van der Waals surface area contributed by atoms with Gasteiger partial charge in [-0.25, -0.2) is 0 Å². The van der Waals surface area contributed by atoms with Crippen molar-refractivity contribution in [2.24, 2.45) is 0 Å². The zero-order valence-corrected chi connectivity index (χ0v) is 8.21. The second kappa shape index (κ2) is 3.35. The number of hydrogen-bond donors (Lipinski definition) is 1. The fraction of sp³-hybridized carbons (Fsp3) is 1.00. The van der Waals surface area contributed by atoms with Crippen molar-refractivity contribution < 1.29 is 0 Å². The maximum absolute atomic E-state index is 3.62. The number of piperazine rings is 1. The van der Waals surface area contributed by atoms with Crippen LogP contribution in [0.2, 0.25) is 0 Å². The fourth-order valence-corrected chi connectivity index (χ4v) is 2.76. The molecule has 2 atom stereocenters. The van der Waals surface area contributed by atoms with E-state index in [1.807, 2.05) is 0 Å². The highest BCUT2D eigenvalue weighted by Crippen LogP contribution is 2.27. The lowest BCUT2D eigenvalue weighted by Gasteiger charge is -2.41. The first-order chi connectivity index (χ1) is 5.79. The van der Waals surface area contributed by atoms with Crippen LogP contribution < -0.4 is 5.32 Å². The topological polar surface area (TPSA) is 15.3 Å². The summed E-state index contributed by atoms with van der Waals surface area (Å²) in [4.78, 5) is 2.67. The van der Waals surface area contributed by atoms with Crippen molar-refractivity contribution in [3.63, 3.8) is 0 Å². The highest BCUT2D eigenvalue weighted by atomic mass is 15.3.